The first kappa shape index (κ1) is 13.5. The first-order chi connectivity index (χ1) is 9.65. The molecule has 2 unspecified atom stereocenters. The fourth-order valence-corrected chi connectivity index (χ4v) is 3.51. The lowest BCUT2D eigenvalue weighted by Gasteiger charge is -2.42. The van der Waals surface area contributed by atoms with Crippen molar-refractivity contribution in [3.05, 3.63) is 35.1 Å². The van der Waals surface area contributed by atoms with E-state index in [9.17, 15) is 4.39 Å². The monoisotopic (exact) mass is 273 g/mol. The van der Waals surface area contributed by atoms with Gasteiger partial charge in [0.05, 0.1) is 11.6 Å². The average Bonchev–Trinajstić information content (AvgIpc) is 2.85. The highest BCUT2D eigenvalue weighted by Gasteiger charge is 2.34. The minimum atomic E-state index is -0.314. The van der Waals surface area contributed by atoms with Crippen LogP contribution in [0.2, 0.25) is 0 Å². The van der Waals surface area contributed by atoms with Gasteiger partial charge in [0.2, 0.25) is 0 Å². The molecule has 1 aromatic carbocycles. The number of rotatable bonds is 2. The summed E-state index contributed by atoms with van der Waals surface area (Å²) in [5.41, 5.74) is 1.31. The molecule has 0 aliphatic carbocycles. The van der Waals surface area contributed by atoms with Gasteiger partial charge in [0.15, 0.2) is 0 Å². The van der Waals surface area contributed by atoms with Crippen molar-refractivity contribution in [2.75, 3.05) is 19.6 Å². The third-order valence-electron chi connectivity index (χ3n) is 4.54. The second kappa shape index (κ2) is 5.51. The van der Waals surface area contributed by atoms with Gasteiger partial charge in [-0.2, -0.15) is 5.26 Å². The first-order valence-corrected chi connectivity index (χ1v) is 7.33. The van der Waals surface area contributed by atoms with E-state index in [0.717, 1.165) is 25.2 Å². The maximum atomic E-state index is 13.5. The van der Waals surface area contributed by atoms with E-state index in [-0.39, 0.29) is 5.82 Å². The van der Waals surface area contributed by atoms with E-state index in [4.69, 9.17) is 5.26 Å². The molecule has 0 saturated carbocycles. The van der Waals surface area contributed by atoms with E-state index in [0.29, 0.717) is 17.6 Å². The number of piperazine rings is 1. The number of benzene rings is 1. The summed E-state index contributed by atoms with van der Waals surface area (Å²) in [4.78, 5) is 5.00. The SMILES string of the molecule is CC1CN2CCCC2CN1Cc1cc(F)cc(C#N)c1. The predicted molar refractivity (Wildman–Crippen MR) is 75.6 cm³/mol. The zero-order chi connectivity index (χ0) is 14.1. The summed E-state index contributed by atoms with van der Waals surface area (Å²) < 4.78 is 13.5. The van der Waals surface area contributed by atoms with Gasteiger partial charge in [-0.1, -0.05) is 0 Å². The Morgan fingerprint density at radius 2 is 2.20 bits per heavy atom. The summed E-state index contributed by atoms with van der Waals surface area (Å²) in [5.74, 6) is -0.314. The second-order valence-corrected chi connectivity index (χ2v) is 6.03. The molecule has 0 aromatic heterocycles. The molecule has 3 nitrogen and oxygen atoms in total. The van der Waals surface area contributed by atoms with Crippen molar-refractivity contribution < 1.29 is 4.39 Å². The Balaban J connectivity index is 1.74. The molecule has 2 aliphatic rings. The van der Waals surface area contributed by atoms with Crippen LogP contribution in [-0.4, -0.2) is 41.5 Å². The summed E-state index contributed by atoms with van der Waals surface area (Å²) >= 11 is 0. The lowest BCUT2D eigenvalue weighted by atomic mass is 10.1. The van der Waals surface area contributed by atoms with E-state index in [2.05, 4.69) is 16.7 Å². The lowest BCUT2D eigenvalue weighted by molar-refractivity contribution is 0.0540. The second-order valence-electron chi connectivity index (χ2n) is 6.03. The summed E-state index contributed by atoms with van der Waals surface area (Å²) in [5, 5.41) is 8.93. The van der Waals surface area contributed by atoms with E-state index in [1.807, 2.05) is 6.07 Å². The molecule has 106 valence electrons. The highest BCUT2D eigenvalue weighted by atomic mass is 19.1. The van der Waals surface area contributed by atoms with Crippen molar-refractivity contribution >= 4 is 0 Å². The number of nitriles is 1. The van der Waals surface area contributed by atoms with Gasteiger partial charge in [0.25, 0.3) is 0 Å². The van der Waals surface area contributed by atoms with E-state index >= 15 is 0 Å². The quantitative estimate of drug-likeness (QED) is 0.828. The van der Waals surface area contributed by atoms with Gasteiger partial charge in [0.1, 0.15) is 5.82 Å². The standard InChI is InChI=1S/C16H20FN3/c1-12-9-19-4-2-3-16(19)11-20(12)10-14-5-13(8-18)6-15(17)7-14/h5-7,12,16H,2-4,9-11H2,1H3. The van der Waals surface area contributed by atoms with Crippen LogP contribution in [-0.2, 0) is 6.54 Å². The largest absolute Gasteiger partial charge is 0.298 e. The van der Waals surface area contributed by atoms with Crippen LogP contribution in [0, 0.1) is 17.1 Å². The van der Waals surface area contributed by atoms with Crippen molar-refractivity contribution in [3.63, 3.8) is 0 Å². The van der Waals surface area contributed by atoms with Crippen LogP contribution < -0.4 is 0 Å². The summed E-state index contributed by atoms with van der Waals surface area (Å²) in [7, 11) is 0. The van der Waals surface area contributed by atoms with Gasteiger partial charge in [-0.3, -0.25) is 9.80 Å². The molecule has 0 radical (unpaired) electrons. The molecular formula is C16H20FN3. The molecule has 2 heterocycles. The van der Waals surface area contributed by atoms with Gasteiger partial charge in [-0.15, -0.1) is 0 Å². The number of fused-ring (bicyclic) bond motifs is 1. The fourth-order valence-electron chi connectivity index (χ4n) is 3.51. The molecule has 2 saturated heterocycles. The lowest BCUT2D eigenvalue weighted by Crippen LogP contribution is -2.54. The van der Waals surface area contributed by atoms with Crippen LogP contribution in [0.4, 0.5) is 4.39 Å². The maximum absolute atomic E-state index is 13.5. The van der Waals surface area contributed by atoms with Crippen LogP contribution in [0.3, 0.4) is 0 Å². The number of nitrogens with zero attached hydrogens (tertiary/aromatic N) is 3. The van der Waals surface area contributed by atoms with E-state index < -0.39 is 0 Å². The van der Waals surface area contributed by atoms with Gasteiger partial charge < -0.3 is 0 Å². The van der Waals surface area contributed by atoms with E-state index in [1.54, 1.807) is 12.1 Å². The number of hydrogen-bond donors (Lipinski definition) is 0. The molecule has 4 heteroatoms. The molecule has 1 aromatic rings. The van der Waals surface area contributed by atoms with Gasteiger partial charge in [0, 0.05) is 31.7 Å². The number of hydrogen-bond acceptors (Lipinski definition) is 3. The van der Waals surface area contributed by atoms with Crippen LogP contribution in [0.15, 0.2) is 18.2 Å². The Morgan fingerprint density at radius 3 is 3.00 bits per heavy atom. The molecule has 0 spiro atoms. The van der Waals surface area contributed by atoms with E-state index in [1.165, 1.54) is 25.5 Å². The Morgan fingerprint density at radius 1 is 1.35 bits per heavy atom. The van der Waals surface area contributed by atoms with Crippen LogP contribution >= 0.6 is 0 Å². The number of halogens is 1. The maximum Gasteiger partial charge on any atom is 0.124 e. The Bertz CT molecular complexity index is 537. The molecule has 2 fully saturated rings. The van der Waals surface area contributed by atoms with Crippen molar-refractivity contribution in [3.8, 4) is 6.07 Å². The summed E-state index contributed by atoms with van der Waals surface area (Å²) in [6.45, 7) is 6.35. The highest BCUT2D eigenvalue weighted by Crippen LogP contribution is 2.26. The van der Waals surface area contributed by atoms with Gasteiger partial charge in [-0.05, 0) is 50.1 Å². The highest BCUT2D eigenvalue weighted by molar-refractivity contribution is 5.33. The van der Waals surface area contributed by atoms with Crippen LogP contribution in [0.25, 0.3) is 0 Å². The van der Waals surface area contributed by atoms with Crippen LogP contribution in [0.5, 0.6) is 0 Å². The van der Waals surface area contributed by atoms with Crippen molar-refractivity contribution in [2.45, 2.75) is 38.4 Å². The molecule has 0 amide bonds. The smallest absolute Gasteiger partial charge is 0.124 e. The molecule has 20 heavy (non-hydrogen) atoms. The minimum Gasteiger partial charge on any atom is -0.298 e. The normalized spacial score (nSPS) is 27.2. The predicted octanol–water partition coefficient (Wildman–Crippen LogP) is 2.37. The van der Waals surface area contributed by atoms with Crippen LogP contribution in [0.1, 0.15) is 30.9 Å². The first-order valence-electron chi connectivity index (χ1n) is 7.33. The van der Waals surface area contributed by atoms with Gasteiger partial charge in [-0.25, -0.2) is 4.39 Å². The van der Waals surface area contributed by atoms with Crippen molar-refractivity contribution in [1.29, 1.82) is 5.26 Å². The molecule has 3 rings (SSSR count). The third-order valence-corrected chi connectivity index (χ3v) is 4.54. The molecule has 2 aliphatic heterocycles. The zero-order valence-electron chi connectivity index (χ0n) is 11.8. The molecule has 0 N–H and O–H groups in total. The zero-order valence-corrected chi connectivity index (χ0v) is 11.8. The Kier molecular flexibility index (Phi) is 3.73. The van der Waals surface area contributed by atoms with Crippen molar-refractivity contribution in [2.24, 2.45) is 0 Å². The molecular weight excluding hydrogens is 253 g/mol. The fraction of sp³-hybridized carbons (Fsp3) is 0.562. The minimum absolute atomic E-state index is 0.314. The summed E-state index contributed by atoms with van der Waals surface area (Å²) in [6.07, 6.45) is 2.57. The Hall–Kier alpha value is -1.44. The average molecular weight is 273 g/mol. The Labute approximate surface area is 119 Å². The molecule has 0 bridgehead atoms. The summed E-state index contributed by atoms with van der Waals surface area (Å²) in [6, 6.07) is 7.82. The van der Waals surface area contributed by atoms with Gasteiger partial charge >= 0.3 is 0 Å². The molecule has 2 atom stereocenters. The topological polar surface area (TPSA) is 30.3 Å². The van der Waals surface area contributed by atoms with Crippen molar-refractivity contribution in [1.82, 2.24) is 9.80 Å². The third kappa shape index (κ3) is 2.70.